The Morgan fingerprint density at radius 1 is 0.290 bits per heavy atom. The van der Waals surface area contributed by atoms with Gasteiger partial charge in [-0.15, -0.1) is 0 Å². The smallest absolute Gasteiger partial charge is 0.462 e. The number of rotatable bonds is 79. The van der Waals surface area contributed by atoms with Gasteiger partial charge < -0.3 is 33.8 Å². The molecule has 0 spiro atoms. The van der Waals surface area contributed by atoms with E-state index in [1.165, 1.54) is 231 Å². The van der Waals surface area contributed by atoms with Crippen molar-refractivity contribution < 1.29 is 80.2 Å². The number of aliphatic hydroxyl groups is 1. The van der Waals surface area contributed by atoms with Gasteiger partial charge in [0.25, 0.3) is 0 Å². The van der Waals surface area contributed by atoms with Crippen LogP contribution in [0.1, 0.15) is 421 Å². The lowest BCUT2D eigenvalue weighted by Crippen LogP contribution is -2.30. The first-order valence-corrected chi connectivity index (χ1v) is 44.9. The zero-order valence-corrected chi connectivity index (χ0v) is 67.5. The van der Waals surface area contributed by atoms with Gasteiger partial charge in [-0.1, -0.05) is 370 Å². The molecule has 6 atom stereocenters. The highest BCUT2D eigenvalue weighted by molar-refractivity contribution is 7.47. The Balaban J connectivity index is 5.19. The molecule has 19 heteroatoms. The van der Waals surface area contributed by atoms with E-state index in [1.54, 1.807) is 0 Å². The fourth-order valence-corrected chi connectivity index (χ4v) is 14.0. The maximum atomic E-state index is 13.1. The largest absolute Gasteiger partial charge is 0.472 e. The fourth-order valence-electron chi connectivity index (χ4n) is 12.5. The second kappa shape index (κ2) is 71.3. The third-order valence-corrected chi connectivity index (χ3v) is 21.1. The van der Waals surface area contributed by atoms with Gasteiger partial charge in [-0.2, -0.15) is 0 Å². The molecule has 0 aliphatic carbocycles. The number of phosphoric acid groups is 2. The average Bonchev–Trinajstić information content (AvgIpc) is 1.01. The predicted octanol–water partition coefficient (Wildman–Crippen LogP) is 24.1. The van der Waals surface area contributed by atoms with Crippen molar-refractivity contribution in [2.75, 3.05) is 39.6 Å². The lowest BCUT2D eigenvalue weighted by atomic mass is 9.99. The first-order valence-electron chi connectivity index (χ1n) is 41.9. The number of unbranched alkanes of at least 4 members (excludes halogenated alkanes) is 46. The Hall–Kier alpha value is -1.94. The number of hydrogen-bond acceptors (Lipinski definition) is 15. The van der Waals surface area contributed by atoms with Crippen LogP contribution in [0.2, 0.25) is 0 Å². The Bertz CT molecular complexity index is 1940. The molecule has 0 aromatic heterocycles. The van der Waals surface area contributed by atoms with Gasteiger partial charge >= 0.3 is 39.5 Å². The van der Waals surface area contributed by atoms with E-state index >= 15 is 0 Å². The van der Waals surface area contributed by atoms with Gasteiger partial charge in [0.05, 0.1) is 26.4 Å². The van der Waals surface area contributed by atoms with E-state index in [-0.39, 0.29) is 25.7 Å². The molecule has 0 saturated heterocycles. The van der Waals surface area contributed by atoms with Crippen LogP contribution in [0.5, 0.6) is 0 Å². The number of aliphatic hydroxyl groups excluding tert-OH is 1. The number of hydrogen-bond donors (Lipinski definition) is 3. The summed E-state index contributed by atoms with van der Waals surface area (Å²) in [6, 6.07) is 0. The van der Waals surface area contributed by atoms with Crippen molar-refractivity contribution in [2.24, 2.45) is 17.8 Å². The molecule has 0 aromatic rings. The summed E-state index contributed by atoms with van der Waals surface area (Å²) >= 11 is 0. The van der Waals surface area contributed by atoms with E-state index in [2.05, 4.69) is 48.5 Å². The summed E-state index contributed by atoms with van der Waals surface area (Å²) in [6.07, 6.45) is 59.8. The molecular weight excluding hydrogens is 1310 g/mol. The van der Waals surface area contributed by atoms with Crippen LogP contribution >= 0.6 is 15.6 Å². The molecule has 0 aliphatic heterocycles. The number of phosphoric ester groups is 2. The SMILES string of the molecule is CCCCCCCCCCCCC(=O)OC[C@H](COP(=O)(O)OC[C@H](O)COP(=O)(O)OC[C@@H](COC(=O)CCCCCCCCCCCCCCCCCC(C)C)OC(=O)CCCCCCCCCCCCCCCCCCCCC(C)CC)OC(=O)CCCCCCCCCC(C)C. The Morgan fingerprint density at radius 2 is 0.510 bits per heavy atom. The van der Waals surface area contributed by atoms with Crippen LogP contribution in [0.4, 0.5) is 0 Å². The maximum Gasteiger partial charge on any atom is 0.472 e. The molecule has 594 valence electrons. The van der Waals surface area contributed by atoms with Crippen LogP contribution in [0.25, 0.3) is 0 Å². The van der Waals surface area contributed by atoms with Crippen LogP contribution in [0.15, 0.2) is 0 Å². The van der Waals surface area contributed by atoms with Crippen LogP contribution < -0.4 is 0 Å². The monoisotopic (exact) mass is 1470 g/mol. The third-order valence-electron chi connectivity index (χ3n) is 19.2. The Morgan fingerprint density at radius 3 is 0.760 bits per heavy atom. The summed E-state index contributed by atoms with van der Waals surface area (Å²) in [5, 5.41) is 10.6. The van der Waals surface area contributed by atoms with Crippen molar-refractivity contribution in [2.45, 2.75) is 439 Å². The average molecular weight is 1470 g/mol. The fraction of sp³-hybridized carbons (Fsp3) is 0.951. The van der Waals surface area contributed by atoms with E-state index in [9.17, 15) is 43.2 Å². The quantitative estimate of drug-likeness (QED) is 0.0222. The third kappa shape index (κ3) is 73.0. The summed E-state index contributed by atoms with van der Waals surface area (Å²) in [6.45, 7) is 12.0. The number of carbonyl (C=O) groups is 4. The van der Waals surface area contributed by atoms with Gasteiger partial charge in [0.1, 0.15) is 19.3 Å². The minimum Gasteiger partial charge on any atom is -0.462 e. The molecule has 0 saturated carbocycles. The van der Waals surface area contributed by atoms with Crippen molar-refractivity contribution in [3.63, 3.8) is 0 Å². The van der Waals surface area contributed by atoms with Crippen molar-refractivity contribution in [1.29, 1.82) is 0 Å². The van der Waals surface area contributed by atoms with E-state index in [0.717, 1.165) is 102 Å². The van der Waals surface area contributed by atoms with Crippen LogP contribution in [-0.4, -0.2) is 96.7 Å². The molecule has 0 bridgehead atoms. The molecule has 3 unspecified atom stereocenters. The summed E-state index contributed by atoms with van der Waals surface area (Å²) in [5.41, 5.74) is 0. The summed E-state index contributed by atoms with van der Waals surface area (Å²) < 4.78 is 68.6. The summed E-state index contributed by atoms with van der Waals surface area (Å²) in [5.74, 6) is 0.259. The molecule has 0 radical (unpaired) electrons. The van der Waals surface area contributed by atoms with Crippen LogP contribution in [0, 0.1) is 17.8 Å². The topological polar surface area (TPSA) is 237 Å². The molecule has 0 fully saturated rings. The van der Waals surface area contributed by atoms with Crippen molar-refractivity contribution in [1.82, 2.24) is 0 Å². The van der Waals surface area contributed by atoms with Gasteiger partial charge in [0, 0.05) is 25.7 Å². The lowest BCUT2D eigenvalue weighted by Gasteiger charge is -2.21. The first-order chi connectivity index (χ1) is 48.3. The normalized spacial score (nSPS) is 14.2. The summed E-state index contributed by atoms with van der Waals surface area (Å²) in [4.78, 5) is 72.9. The van der Waals surface area contributed by atoms with Gasteiger partial charge in [-0.25, -0.2) is 9.13 Å². The number of esters is 4. The maximum absolute atomic E-state index is 13.1. The number of ether oxygens (including phenoxy) is 4. The molecule has 3 N–H and O–H groups in total. The zero-order chi connectivity index (χ0) is 73.7. The Labute approximate surface area is 613 Å². The summed E-state index contributed by atoms with van der Waals surface area (Å²) in [7, 11) is -9.92. The molecule has 0 aromatic carbocycles. The van der Waals surface area contributed by atoms with Crippen molar-refractivity contribution in [3.8, 4) is 0 Å². The molecule has 100 heavy (non-hydrogen) atoms. The van der Waals surface area contributed by atoms with Crippen LogP contribution in [-0.2, 0) is 65.4 Å². The second-order valence-corrected chi connectivity index (χ2v) is 33.3. The highest BCUT2D eigenvalue weighted by Crippen LogP contribution is 2.45. The van der Waals surface area contributed by atoms with Gasteiger partial charge in [-0.05, 0) is 43.4 Å². The van der Waals surface area contributed by atoms with Gasteiger partial charge in [0.2, 0.25) is 0 Å². The lowest BCUT2D eigenvalue weighted by molar-refractivity contribution is -0.161. The highest BCUT2D eigenvalue weighted by atomic mass is 31.2. The minimum absolute atomic E-state index is 0.104. The van der Waals surface area contributed by atoms with E-state index in [0.29, 0.717) is 31.6 Å². The predicted molar refractivity (Wildman–Crippen MR) is 409 cm³/mol. The molecule has 0 rings (SSSR count). The Kier molecular flexibility index (Phi) is 69.9. The second-order valence-electron chi connectivity index (χ2n) is 30.4. The minimum atomic E-state index is -4.96. The van der Waals surface area contributed by atoms with E-state index in [1.807, 2.05) is 0 Å². The van der Waals surface area contributed by atoms with Gasteiger partial charge in [0.15, 0.2) is 12.2 Å². The standard InChI is InChI=1S/C81H158O17P2/c1-8-10-11-12-13-14-34-41-48-55-62-78(83)91-69-77(98-81(86)65-58-51-44-37-39-46-53-60-73(5)6)71-96-100(89,90)94-67-75(82)66-93-99(87,88)95-70-76(68-92-79(84)63-56-49-42-35-30-26-23-19-20-24-28-32-38-45-52-59-72(3)4)97-80(85)64-57-50-43-36-31-27-22-18-16-15-17-21-25-29-33-40-47-54-61-74(7)9-2/h72-77,82H,8-71H2,1-7H3,(H,87,88)(H,89,90)/t74?,75-,76-,77-/m1/s1. The van der Waals surface area contributed by atoms with E-state index in [4.69, 9.17) is 37.0 Å². The van der Waals surface area contributed by atoms with Crippen LogP contribution in [0.3, 0.4) is 0 Å². The number of carbonyl (C=O) groups excluding carboxylic acids is 4. The first kappa shape index (κ1) is 98.1. The van der Waals surface area contributed by atoms with Crippen molar-refractivity contribution >= 4 is 39.5 Å². The van der Waals surface area contributed by atoms with E-state index < -0.39 is 97.5 Å². The van der Waals surface area contributed by atoms with Crippen molar-refractivity contribution in [3.05, 3.63) is 0 Å². The zero-order valence-electron chi connectivity index (χ0n) is 65.7. The molecular formula is C81H158O17P2. The highest BCUT2D eigenvalue weighted by Gasteiger charge is 2.30. The van der Waals surface area contributed by atoms with Gasteiger partial charge in [-0.3, -0.25) is 37.3 Å². The molecule has 0 heterocycles. The molecule has 0 aliphatic rings. The molecule has 17 nitrogen and oxygen atoms in total. The molecule has 0 amide bonds.